The first kappa shape index (κ1) is 22.5. The predicted octanol–water partition coefficient (Wildman–Crippen LogP) is 2.75. The van der Waals surface area contributed by atoms with Gasteiger partial charge in [0.15, 0.2) is 0 Å². The number of piperazine rings is 1. The maximum Gasteiger partial charge on any atom is 0.271 e. The fraction of sp³-hybridized carbons (Fsp3) is 0.588. The van der Waals surface area contributed by atoms with Crippen LogP contribution in [0.3, 0.4) is 0 Å². The van der Waals surface area contributed by atoms with E-state index < -0.39 is 5.54 Å². The van der Waals surface area contributed by atoms with E-state index in [1.165, 1.54) is 6.07 Å². The average molecular weight is 405 g/mol. The molecule has 1 saturated carbocycles. The molecule has 3 rings (SSSR count). The second-order valence-corrected chi connectivity index (χ2v) is 6.77. The SMILES string of the molecule is Cl.Cl.NC1(C(=O)N2CCN(c3cccc([N+](=O)[O-])c3)CC2)CCCCC1. The third-order valence-corrected chi connectivity index (χ3v) is 5.14. The lowest BCUT2D eigenvalue weighted by molar-refractivity contribution is -0.384. The molecule has 0 spiro atoms. The highest BCUT2D eigenvalue weighted by atomic mass is 35.5. The Kier molecular flexibility index (Phi) is 8.12. The Labute approximate surface area is 165 Å². The van der Waals surface area contributed by atoms with Crippen molar-refractivity contribution in [2.24, 2.45) is 5.73 Å². The Bertz CT molecular complexity index is 630. The van der Waals surface area contributed by atoms with Gasteiger partial charge in [-0.15, -0.1) is 24.8 Å². The molecule has 1 aromatic carbocycles. The Morgan fingerprint density at radius 2 is 1.69 bits per heavy atom. The minimum atomic E-state index is -0.689. The van der Waals surface area contributed by atoms with Crippen molar-refractivity contribution < 1.29 is 9.72 Å². The number of nitrogens with zero attached hydrogens (tertiary/aromatic N) is 3. The number of hydrogen-bond acceptors (Lipinski definition) is 5. The molecule has 1 saturated heterocycles. The number of carbonyl (C=O) groups excluding carboxylic acids is 1. The summed E-state index contributed by atoms with van der Waals surface area (Å²) in [6, 6.07) is 6.64. The number of nitrogens with two attached hydrogens (primary N) is 1. The normalized spacial score (nSPS) is 19.1. The molecule has 0 unspecified atom stereocenters. The van der Waals surface area contributed by atoms with Gasteiger partial charge in [-0.1, -0.05) is 25.3 Å². The molecule has 26 heavy (non-hydrogen) atoms. The van der Waals surface area contributed by atoms with Crippen molar-refractivity contribution in [1.29, 1.82) is 0 Å². The zero-order chi connectivity index (χ0) is 17.2. The lowest BCUT2D eigenvalue weighted by atomic mass is 9.81. The highest BCUT2D eigenvalue weighted by Gasteiger charge is 2.39. The highest BCUT2D eigenvalue weighted by Crippen LogP contribution is 2.29. The molecule has 0 atom stereocenters. The van der Waals surface area contributed by atoms with Gasteiger partial charge in [0.25, 0.3) is 5.69 Å². The van der Waals surface area contributed by atoms with Gasteiger partial charge in [-0.25, -0.2) is 0 Å². The topological polar surface area (TPSA) is 92.7 Å². The zero-order valence-corrected chi connectivity index (χ0v) is 16.3. The number of non-ortho nitro benzene ring substituents is 1. The predicted molar refractivity (Wildman–Crippen MR) is 106 cm³/mol. The molecule has 0 radical (unpaired) electrons. The number of halogens is 2. The van der Waals surface area contributed by atoms with Gasteiger partial charge in [-0.3, -0.25) is 14.9 Å². The fourth-order valence-electron chi connectivity index (χ4n) is 3.68. The molecule has 146 valence electrons. The minimum Gasteiger partial charge on any atom is -0.368 e. The second kappa shape index (κ2) is 9.39. The Morgan fingerprint density at radius 1 is 1.08 bits per heavy atom. The van der Waals surface area contributed by atoms with Crippen LogP contribution in [0.1, 0.15) is 32.1 Å². The Morgan fingerprint density at radius 3 is 2.27 bits per heavy atom. The molecular weight excluding hydrogens is 379 g/mol. The summed E-state index contributed by atoms with van der Waals surface area (Å²) in [6.07, 6.45) is 4.76. The fourth-order valence-corrected chi connectivity index (χ4v) is 3.68. The van der Waals surface area contributed by atoms with Crippen LogP contribution in [-0.4, -0.2) is 47.4 Å². The van der Waals surface area contributed by atoms with Crippen molar-refractivity contribution in [2.45, 2.75) is 37.6 Å². The first-order chi connectivity index (χ1) is 11.5. The molecule has 1 heterocycles. The summed E-state index contributed by atoms with van der Waals surface area (Å²) in [6.45, 7) is 2.56. The maximum absolute atomic E-state index is 12.8. The number of amides is 1. The highest BCUT2D eigenvalue weighted by molar-refractivity contribution is 5.86. The molecule has 9 heteroatoms. The van der Waals surface area contributed by atoms with E-state index in [0.717, 1.165) is 37.8 Å². The van der Waals surface area contributed by atoms with E-state index in [1.807, 2.05) is 11.0 Å². The minimum absolute atomic E-state index is 0. The first-order valence-corrected chi connectivity index (χ1v) is 8.57. The van der Waals surface area contributed by atoms with Crippen LogP contribution in [0.15, 0.2) is 24.3 Å². The largest absolute Gasteiger partial charge is 0.368 e. The van der Waals surface area contributed by atoms with Crippen LogP contribution < -0.4 is 10.6 Å². The number of nitro benzene ring substituents is 1. The summed E-state index contributed by atoms with van der Waals surface area (Å²) in [5.41, 5.74) is 6.59. The van der Waals surface area contributed by atoms with E-state index in [9.17, 15) is 14.9 Å². The summed E-state index contributed by atoms with van der Waals surface area (Å²) >= 11 is 0. The van der Waals surface area contributed by atoms with E-state index in [1.54, 1.807) is 12.1 Å². The number of hydrogen-bond donors (Lipinski definition) is 1. The monoisotopic (exact) mass is 404 g/mol. The van der Waals surface area contributed by atoms with Gasteiger partial charge >= 0.3 is 0 Å². The van der Waals surface area contributed by atoms with Crippen molar-refractivity contribution in [3.63, 3.8) is 0 Å². The number of benzene rings is 1. The van der Waals surface area contributed by atoms with E-state index in [2.05, 4.69) is 4.90 Å². The summed E-state index contributed by atoms with van der Waals surface area (Å²) in [5.74, 6) is 0.0703. The van der Waals surface area contributed by atoms with Gasteiger partial charge in [0.2, 0.25) is 5.91 Å². The third kappa shape index (κ3) is 4.78. The quantitative estimate of drug-likeness (QED) is 0.617. The van der Waals surface area contributed by atoms with Crippen molar-refractivity contribution in [1.82, 2.24) is 4.90 Å². The lowest BCUT2D eigenvalue weighted by Gasteiger charge is -2.41. The third-order valence-electron chi connectivity index (χ3n) is 5.14. The van der Waals surface area contributed by atoms with Crippen LogP contribution in [-0.2, 0) is 4.79 Å². The van der Waals surface area contributed by atoms with Crippen molar-refractivity contribution in [3.8, 4) is 0 Å². The summed E-state index contributed by atoms with van der Waals surface area (Å²) in [5, 5.41) is 10.9. The van der Waals surface area contributed by atoms with Crippen LogP contribution in [0, 0.1) is 10.1 Å². The van der Waals surface area contributed by atoms with Crippen molar-refractivity contribution in [2.75, 3.05) is 31.1 Å². The van der Waals surface area contributed by atoms with Crippen LogP contribution in [0.2, 0.25) is 0 Å². The number of rotatable bonds is 3. The second-order valence-electron chi connectivity index (χ2n) is 6.77. The van der Waals surface area contributed by atoms with Crippen LogP contribution >= 0.6 is 24.8 Å². The summed E-state index contributed by atoms with van der Waals surface area (Å²) in [7, 11) is 0. The molecule has 7 nitrogen and oxygen atoms in total. The molecule has 1 aliphatic carbocycles. The van der Waals surface area contributed by atoms with Crippen LogP contribution in [0.25, 0.3) is 0 Å². The molecule has 0 bridgehead atoms. The Hall–Kier alpha value is -1.57. The van der Waals surface area contributed by atoms with E-state index in [-0.39, 0.29) is 41.3 Å². The van der Waals surface area contributed by atoms with Crippen LogP contribution in [0.5, 0.6) is 0 Å². The average Bonchev–Trinajstić information content (AvgIpc) is 2.62. The smallest absolute Gasteiger partial charge is 0.271 e. The van der Waals surface area contributed by atoms with Gasteiger partial charge < -0.3 is 15.5 Å². The molecular formula is C17H26Cl2N4O3. The molecule has 2 N–H and O–H groups in total. The Balaban J connectivity index is 0.00000169. The summed E-state index contributed by atoms with van der Waals surface area (Å²) in [4.78, 5) is 27.2. The zero-order valence-electron chi connectivity index (χ0n) is 14.6. The van der Waals surface area contributed by atoms with Gasteiger partial charge in [-0.2, -0.15) is 0 Å². The van der Waals surface area contributed by atoms with E-state index in [0.29, 0.717) is 26.2 Å². The van der Waals surface area contributed by atoms with Gasteiger partial charge in [0, 0.05) is 44.0 Å². The number of anilines is 1. The van der Waals surface area contributed by atoms with Gasteiger partial charge in [0.1, 0.15) is 0 Å². The first-order valence-electron chi connectivity index (χ1n) is 8.57. The maximum atomic E-state index is 12.8. The standard InChI is InChI=1S/C17H24N4O3.2ClH/c18-17(7-2-1-3-8-17)16(22)20-11-9-19(10-12-20)14-5-4-6-15(13-14)21(23)24;;/h4-6,13H,1-3,7-12,18H2;2*1H. The molecule has 2 fully saturated rings. The number of carbonyl (C=O) groups is 1. The summed E-state index contributed by atoms with van der Waals surface area (Å²) < 4.78 is 0. The van der Waals surface area contributed by atoms with E-state index in [4.69, 9.17) is 5.73 Å². The molecule has 0 aromatic heterocycles. The van der Waals surface area contributed by atoms with Gasteiger partial charge in [0.05, 0.1) is 10.5 Å². The van der Waals surface area contributed by atoms with Crippen molar-refractivity contribution in [3.05, 3.63) is 34.4 Å². The van der Waals surface area contributed by atoms with E-state index >= 15 is 0 Å². The van der Waals surface area contributed by atoms with Gasteiger partial charge in [-0.05, 0) is 18.9 Å². The molecule has 1 aromatic rings. The number of nitro groups is 1. The lowest BCUT2D eigenvalue weighted by Crippen LogP contribution is -2.60. The molecule has 2 aliphatic rings. The van der Waals surface area contributed by atoms with Crippen molar-refractivity contribution >= 4 is 42.1 Å². The van der Waals surface area contributed by atoms with Crippen LogP contribution in [0.4, 0.5) is 11.4 Å². The molecule has 1 amide bonds. The molecule has 1 aliphatic heterocycles.